The first kappa shape index (κ1) is 13.4. The van der Waals surface area contributed by atoms with Crippen LogP contribution in [-0.4, -0.2) is 19.3 Å². The zero-order valence-electron chi connectivity index (χ0n) is 12.3. The molecule has 1 aliphatic carbocycles. The standard InChI is InChI=1S/C16H24N2O2/c1-10-3-4-12(7-11(10)2)18-14-9-16-15(8-13(14)17)19-5-6-20-16/h8-12,18H,3-7,17H2,1-2H3. The third-order valence-electron chi connectivity index (χ3n) is 4.67. The van der Waals surface area contributed by atoms with Crippen molar-refractivity contribution in [2.75, 3.05) is 24.3 Å². The predicted octanol–water partition coefficient (Wildman–Crippen LogP) is 3.28. The average molecular weight is 276 g/mol. The molecular weight excluding hydrogens is 252 g/mol. The number of rotatable bonds is 2. The predicted molar refractivity (Wildman–Crippen MR) is 81.4 cm³/mol. The van der Waals surface area contributed by atoms with E-state index < -0.39 is 0 Å². The Morgan fingerprint density at radius 2 is 1.75 bits per heavy atom. The number of fused-ring (bicyclic) bond motifs is 1. The molecule has 0 spiro atoms. The number of ether oxygens (including phenoxy) is 2. The molecule has 4 nitrogen and oxygen atoms in total. The Morgan fingerprint density at radius 1 is 1.05 bits per heavy atom. The number of hydrogen-bond donors (Lipinski definition) is 2. The largest absolute Gasteiger partial charge is 0.486 e. The number of nitrogens with two attached hydrogens (primary N) is 1. The third kappa shape index (κ3) is 2.65. The highest BCUT2D eigenvalue weighted by atomic mass is 16.6. The van der Waals surface area contributed by atoms with Gasteiger partial charge < -0.3 is 20.5 Å². The quantitative estimate of drug-likeness (QED) is 0.814. The molecule has 3 atom stereocenters. The van der Waals surface area contributed by atoms with Crippen molar-refractivity contribution in [2.45, 2.75) is 39.2 Å². The summed E-state index contributed by atoms with van der Waals surface area (Å²) in [7, 11) is 0. The van der Waals surface area contributed by atoms with Crippen molar-refractivity contribution in [3.63, 3.8) is 0 Å². The first-order chi connectivity index (χ1) is 9.63. The van der Waals surface area contributed by atoms with Gasteiger partial charge in [0, 0.05) is 18.2 Å². The summed E-state index contributed by atoms with van der Waals surface area (Å²) in [5, 5.41) is 3.59. The smallest absolute Gasteiger partial charge is 0.163 e. The maximum atomic E-state index is 6.13. The number of nitrogen functional groups attached to an aromatic ring is 1. The summed E-state index contributed by atoms with van der Waals surface area (Å²) < 4.78 is 11.2. The van der Waals surface area contributed by atoms with Crippen LogP contribution in [0, 0.1) is 11.8 Å². The molecule has 3 N–H and O–H groups in total. The topological polar surface area (TPSA) is 56.5 Å². The van der Waals surface area contributed by atoms with Crippen LogP contribution in [0.2, 0.25) is 0 Å². The van der Waals surface area contributed by atoms with Gasteiger partial charge in [0.25, 0.3) is 0 Å². The Morgan fingerprint density at radius 3 is 2.45 bits per heavy atom. The van der Waals surface area contributed by atoms with E-state index in [9.17, 15) is 0 Å². The van der Waals surface area contributed by atoms with Gasteiger partial charge in [0.05, 0.1) is 11.4 Å². The van der Waals surface area contributed by atoms with Crippen molar-refractivity contribution in [3.8, 4) is 11.5 Å². The summed E-state index contributed by atoms with van der Waals surface area (Å²) in [5.41, 5.74) is 7.84. The minimum absolute atomic E-state index is 0.506. The van der Waals surface area contributed by atoms with Crippen molar-refractivity contribution >= 4 is 11.4 Å². The van der Waals surface area contributed by atoms with Crippen LogP contribution in [-0.2, 0) is 0 Å². The maximum Gasteiger partial charge on any atom is 0.163 e. The molecule has 1 saturated carbocycles. The fourth-order valence-corrected chi connectivity index (χ4v) is 3.13. The number of hydrogen-bond acceptors (Lipinski definition) is 4. The van der Waals surface area contributed by atoms with E-state index >= 15 is 0 Å². The molecule has 0 saturated heterocycles. The van der Waals surface area contributed by atoms with E-state index in [0.717, 1.165) is 34.7 Å². The van der Waals surface area contributed by atoms with E-state index in [-0.39, 0.29) is 0 Å². The average Bonchev–Trinajstić information content (AvgIpc) is 2.44. The van der Waals surface area contributed by atoms with Crippen LogP contribution in [0.1, 0.15) is 33.1 Å². The molecule has 1 aromatic rings. The zero-order chi connectivity index (χ0) is 14.1. The van der Waals surface area contributed by atoms with E-state index in [1.54, 1.807) is 0 Å². The molecule has 20 heavy (non-hydrogen) atoms. The Bertz CT molecular complexity index is 490. The summed E-state index contributed by atoms with van der Waals surface area (Å²) in [4.78, 5) is 0. The molecule has 0 bridgehead atoms. The molecule has 3 unspecified atom stereocenters. The highest BCUT2D eigenvalue weighted by Crippen LogP contribution is 2.38. The molecule has 0 amide bonds. The highest BCUT2D eigenvalue weighted by Gasteiger charge is 2.25. The van der Waals surface area contributed by atoms with Crippen LogP contribution in [0.5, 0.6) is 11.5 Å². The fraction of sp³-hybridized carbons (Fsp3) is 0.625. The van der Waals surface area contributed by atoms with Crippen molar-refractivity contribution in [2.24, 2.45) is 11.8 Å². The van der Waals surface area contributed by atoms with Gasteiger partial charge in [0.1, 0.15) is 13.2 Å². The Kier molecular flexibility index (Phi) is 3.64. The lowest BCUT2D eigenvalue weighted by molar-refractivity contribution is 0.172. The zero-order valence-corrected chi connectivity index (χ0v) is 12.3. The number of anilines is 2. The summed E-state index contributed by atoms with van der Waals surface area (Å²) in [6.45, 7) is 5.89. The molecule has 1 fully saturated rings. The van der Waals surface area contributed by atoms with Crippen molar-refractivity contribution < 1.29 is 9.47 Å². The summed E-state index contributed by atoms with van der Waals surface area (Å²) in [6.07, 6.45) is 3.69. The second-order valence-electron chi connectivity index (χ2n) is 6.19. The lowest BCUT2D eigenvalue weighted by atomic mass is 9.79. The minimum atomic E-state index is 0.506. The number of nitrogens with one attached hydrogen (secondary N) is 1. The number of benzene rings is 1. The first-order valence-electron chi connectivity index (χ1n) is 7.59. The lowest BCUT2D eigenvalue weighted by Gasteiger charge is -2.33. The summed E-state index contributed by atoms with van der Waals surface area (Å²) in [5.74, 6) is 3.14. The molecule has 0 radical (unpaired) electrons. The van der Waals surface area contributed by atoms with Gasteiger partial charge in [0.2, 0.25) is 0 Å². The van der Waals surface area contributed by atoms with Crippen LogP contribution >= 0.6 is 0 Å². The van der Waals surface area contributed by atoms with Gasteiger partial charge in [-0.15, -0.1) is 0 Å². The van der Waals surface area contributed by atoms with Crippen LogP contribution in [0.4, 0.5) is 11.4 Å². The molecule has 110 valence electrons. The third-order valence-corrected chi connectivity index (χ3v) is 4.67. The van der Waals surface area contributed by atoms with Crippen LogP contribution in [0.3, 0.4) is 0 Å². The normalized spacial score (nSPS) is 29.0. The van der Waals surface area contributed by atoms with Gasteiger partial charge >= 0.3 is 0 Å². The van der Waals surface area contributed by atoms with Crippen molar-refractivity contribution in [1.29, 1.82) is 0 Å². The molecule has 1 aliphatic heterocycles. The monoisotopic (exact) mass is 276 g/mol. The summed E-state index contributed by atoms with van der Waals surface area (Å²) in [6, 6.07) is 4.35. The fourth-order valence-electron chi connectivity index (χ4n) is 3.13. The Hall–Kier alpha value is -1.58. The molecule has 1 heterocycles. The molecule has 1 aromatic carbocycles. The van der Waals surface area contributed by atoms with Crippen molar-refractivity contribution in [3.05, 3.63) is 12.1 Å². The van der Waals surface area contributed by atoms with E-state index in [2.05, 4.69) is 19.2 Å². The van der Waals surface area contributed by atoms with Gasteiger partial charge in [-0.2, -0.15) is 0 Å². The summed E-state index contributed by atoms with van der Waals surface area (Å²) >= 11 is 0. The second-order valence-corrected chi connectivity index (χ2v) is 6.19. The van der Waals surface area contributed by atoms with E-state index in [4.69, 9.17) is 15.2 Å². The van der Waals surface area contributed by atoms with E-state index in [0.29, 0.717) is 19.3 Å². The Balaban J connectivity index is 1.74. The van der Waals surface area contributed by atoms with Crippen LogP contribution < -0.4 is 20.5 Å². The lowest BCUT2D eigenvalue weighted by Crippen LogP contribution is -2.30. The van der Waals surface area contributed by atoms with E-state index in [1.807, 2.05) is 12.1 Å². The van der Waals surface area contributed by atoms with Gasteiger partial charge in [-0.3, -0.25) is 0 Å². The van der Waals surface area contributed by atoms with Gasteiger partial charge in [-0.05, 0) is 31.1 Å². The first-order valence-corrected chi connectivity index (χ1v) is 7.59. The van der Waals surface area contributed by atoms with Crippen LogP contribution in [0.15, 0.2) is 12.1 Å². The molecule has 3 rings (SSSR count). The molecule has 0 aromatic heterocycles. The second kappa shape index (κ2) is 5.43. The molecule has 4 heteroatoms. The maximum absolute atomic E-state index is 6.13. The van der Waals surface area contributed by atoms with Gasteiger partial charge in [0.15, 0.2) is 11.5 Å². The van der Waals surface area contributed by atoms with Crippen LogP contribution in [0.25, 0.3) is 0 Å². The molecular formula is C16H24N2O2. The van der Waals surface area contributed by atoms with Gasteiger partial charge in [-0.1, -0.05) is 13.8 Å². The van der Waals surface area contributed by atoms with Crippen molar-refractivity contribution in [1.82, 2.24) is 0 Å². The van der Waals surface area contributed by atoms with Gasteiger partial charge in [-0.25, -0.2) is 0 Å². The SMILES string of the molecule is CC1CCC(Nc2cc3c(cc2N)OCCO3)CC1C. The molecule has 2 aliphatic rings. The minimum Gasteiger partial charge on any atom is -0.486 e. The highest BCUT2D eigenvalue weighted by molar-refractivity contribution is 5.72. The van der Waals surface area contributed by atoms with E-state index in [1.165, 1.54) is 19.3 Å². The Labute approximate surface area is 120 Å².